The molecule has 0 aliphatic heterocycles. The van der Waals surface area contributed by atoms with E-state index in [-0.39, 0.29) is 28.5 Å². The maximum absolute atomic E-state index is 12.6. The van der Waals surface area contributed by atoms with Gasteiger partial charge in [-0.2, -0.15) is 0 Å². The number of phenols is 2. The Morgan fingerprint density at radius 1 is 0.969 bits per heavy atom. The Bertz CT molecular complexity index is 1340. The maximum atomic E-state index is 12.6. The lowest BCUT2D eigenvalue weighted by molar-refractivity contribution is -0.111. The van der Waals surface area contributed by atoms with Gasteiger partial charge in [0.05, 0.1) is 17.4 Å². The molecule has 32 heavy (non-hydrogen) atoms. The molecule has 0 aliphatic carbocycles. The van der Waals surface area contributed by atoms with Crippen molar-refractivity contribution in [1.82, 2.24) is 4.98 Å². The minimum absolute atomic E-state index is 0. The van der Waals surface area contributed by atoms with Crippen LogP contribution < -0.4 is 5.32 Å². The molecule has 0 fully saturated rings. The summed E-state index contributed by atoms with van der Waals surface area (Å²) in [5.74, 6) is -0.893. The van der Waals surface area contributed by atoms with E-state index >= 15 is 0 Å². The van der Waals surface area contributed by atoms with Crippen molar-refractivity contribution in [2.45, 2.75) is 0 Å². The Labute approximate surface area is 204 Å². The van der Waals surface area contributed by atoms with Gasteiger partial charge in [-0.25, -0.2) is 0 Å². The van der Waals surface area contributed by atoms with Crippen molar-refractivity contribution in [2.75, 3.05) is 5.32 Å². The zero-order chi connectivity index (χ0) is 22.0. The molecule has 0 spiro atoms. The minimum atomic E-state index is -0.399. The van der Waals surface area contributed by atoms with E-state index in [0.717, 1.165) is 10.9 Å². The fourth-order valence-electron chi connectivity index (χ4n) is 3.20. The first kappa shape index (κ1) is 23.6. The number of carbonyl (C=O) groups excluding carboxylic acids is 1. The number of halogens is 3. The van der Waals surface area contributed by atoms with Crippen LogP contribution in [0.4, 0.5) is 5.69 Å². The third-order valence-electron chi connectivity index (χ3n) is 4.66. The van der Waals surface area contributed by atoms with Crippen molar-refractivity contribution >= 4 is 68.8 Å². The summed E-state index contributed by atoms with van der Waals surface area (Å²) in [7, 11) is 0. The Hall–Kier alpha value is -3.06. The Balaban J connectivity index is 0.00000289. The van der Waals surface area contributed by atoms with Crippen molar-refractivity contribution in [3.8, 4) is 22.6 Å². The fraction of sp³-hybridized carbons (Fsp3) is 0. The van der Waals surface area contributed by atoms with Gasteiger partial charge in [0, 0.05) is 32.6 Å². The zero-order valence-corrected chi connectivity index (χ0v) is 19.6. The lowest BCUT2D eigenvalue weighted by Crippen LogP contribution is -2.09. The average Bonchev–Trinajstić information content (AvgIpc) is 2.75. The number of amides is 1. The molecule has 4 aromatic rings. The van der Waals surface area contributed by atoms with Gasteiger partial charge in [0.15, 0.2) is 11.5 Å². The lowest BCUT2D eigenvalue weighted by Gasteiger charge is -2.14. The fourth-order valence-corrected chi connectivity index (χ4v) is 3.61. The molecule has 0 bridgehead atoms. The van der Waals surface area contributed by atoms with Gasteiger partial charge in [-0.1, -0.05) is 47.5 Å². The van der Waals surface area contributed by atoms with E-state index in [4.69, 9.17) is 23.2 Å². The molecule has 1 heterocycles. The number of phenolic OH excluding ortho intramolecular Hbond substituents is 2. The molecule has 0 radical (unpaired) electrons. The van der Waals surface area contributed by atoms with Crippen LogP contribution in [0.1, 0.15) is 5.56 Å². The van der Waals surface area contributed by atoms with Crippen LogP contribution in [0.2, 0.25) is 10.0 Å². The number of fused-ring (bicyclic) bond motifs is 1. The predicted octanol–water partition coefficient (Wildman–Crippen LogP) is 6.85. The third kappa shape index (κ3) is 5.05. The van der Waals surface area contributed by atoms with Crippen molar-refractivity contribution in [1.29, 1.82) is 0 Å². The second-order valence-electron chi connectivity index (χ2n) is 6.76. The molecular formula is C24H17BrCl2N2O3. The molecule has 1 aromatic heterocycles. The van der Waals surface area contributed by atoms with E-state index in [2.05, 4.69) is 10.3 Å². The summed E-state index contributed by atoms with van der Waals surface area (Å²) in [5.41, 5.74) is 3.20. The topological polar surface area (TPSA) is 82.5 Å². The number of carbonyl (C=O) groups is 1. The Morgan fingerprint density at radius 3 is 2.50 bits per heavy atom. The molecule has 5 nitrogen and oxygen atoms in total. The van der Waals surface area contributed by atoms with Crippen LogP contribution >= 0.6 is 40.2 Å². The van der Waals surface area contributed by atoms with Gasteiger partial charge in [0.1, 0.15) is 0 Å². The summed E-state index contributed by atoms with van der Waals surface area (Å²) in [4.78, 5) is 17.0. The molecule has 3 N–H and O–H groups in total. The number of pyridine rings is 1. The summed E-state index contributed by atoms with van der Waals surface area (Å²) in [6.45, 7) is 0. The molecule has 0 aliphatic rings. The predicted molar refractivity (Wildman–Crippen MR) is 135 cm³/mol. The number of nitrogens with zero attached hydrogens (tertiary/aromatic N) is 1. The summed E-state index contributed by atoms with van der Waals surface area (Å²) < 4.78 is 0. The highest BCUT2D eigenvalue weighted by molar-refractivity contribution is 8.93. The first-order valence-corrected chi connectivity index (χ1v) is 10.0. The SMILES string of the molecule is Br.O=C(/C=C/c1ccc(O)c(O)c1)Nc1cnc2ccc(Cl)cc2c1-c1ccccc1Cl. The van der Waals surface area contributed by atoms with Gasteiger partial charge in [-0.3, -0.25) is 9.78 Å². The number of hydrogen-bond donors (Lipinski definition) is 3. The van der Waals surface area contributed by atoms with E-state index < -0.39 is 5.91 Å². The summed E-state index contributed by atoms with van der Waals surface area (Å²) in [5, 5.41) is 23.7. The van der Waals surface area contributed by atoms with Gasteiger partial charge < -0.3 is 15.5 Å². The highest BCUT2D eigenvalue weighted by Gasteiger charge is 2.15. The standard InChI is InChI=1S/C24H16Cl2N2O3.BrH/c25-15-7-8-19-17(12-15)24(16-3-1-2-4-18(16)26)20(13-27-19)28-23(31)10-6-14-5-9-21(29)22(30)11-14;/h1-13,29-30H,(H,28,31);1H/b10-6+;. The number of nitrogens with one attached hydrogen (secondary N) is 1. The van der Waals surface area contributed by atoms with Crippen LogP contribution in [0.15, 0.2) is 72.9 Å². The van der Waals surface area contributed by atoms with Crippen LogP contribution in [0.25, 0.3) is 28.1 Å². The van der Waals surface area contributed by atoms with E-state index in [0.29, 0.717) is 32.4 Å². The molecule has 1 amide bonds. The largest absolute Gasteiger partial charge is 0.504 e. The van der Waals surface area contributed by atoms with Gasteiger partial charge >= 0.3 is 0 Å². The minimum Gasteiger partial charge on any atom is -0.504 e. The van der Waals surface area contributed by atoms with Gasteiger partial charge in [-0.15, -0.1) is 17.0 Å². The summed E-state index contributed by atoms with van der Waals surface area (Å²) >= 11 is 12.7. The molecule has 0 atom stereocenters. The quantitative estimate of drug-likeness (QED) is 0.198. The first-order chi connectivity index (χ1) is 14.9. The monoisotopic (exact) mass is 530 g/mol. The second kappa shape index (κ2) is 10.0. The van der Waals surface area contributed by atoms with Crippen molar-refractivity contribution in [3.63, 3.8) is 0 Å². The molecule has 0 unspecified atom stereocenters. The van der Waals surface area contributed by atoms with Gasteiger partial charge in [0.2, 0.25) is 5.91 Å². The van der Waals surface area contributed by atoms with Crippen molar-refractivity contribution in [2.24, 2.45) is 0 Å². The highest BCUT2D eigenvalue weighted by Crippen LogP contribution is 2.39. The Kier molecular flexibility index (Phi) is 7.40. The van der Waals surface area contributed by atoms with Crippen molar-refractivity contribution in [3.05, 3.63) is 88.5 Å². The van der Waals surface area contributed by atoms with Crippen LogP contribution in [0, 0.1) is 0 Å². The molecular weight excluding hydrogens is 515 g/mol. The average molecular weight is 532 g/mol. The number of anilines is 1. The number of aromatic nitrogens is 1. The van der Waals surface area contributed by atoms with Gasteiger partial charge in [-0.05, 0) is 48.0 Å². The molecule has 3 aromatic carbocycles. The molecule has 0 saturated heterocycles. The van der Waals surface area contributed by atoms with E-state index in [9.17, 15) is 15.0 Å². The Morgan fingerprint density at radius 2 is 1.75 bits per heavy atom. The molecule has 4 rings (SSSR count). The highest BCUT2D eigenvalue weighted by atomic mass is 79.9. The molecule has 8 heteroatoms. The van der Waals surface area contributed by atoms with E-state index in [1.54, 1.807) is 36.5 Å². The van der Waals surface area contributed by atoms with Gasteiger partial charge in [0.25, 0.3) is 0 Å². The van der Waals surface area contributed by atoms with Crippen LogP contribution in [0.5, 0.6) is 11.5 Å². The zero-order valence-electron chi connectivity index (χ0n) is 16.4. The van der Waals surface area contributed by atoms with Crippen molar-refractivity contribution < 1.29 is 15.0 Å². The number of rotatable bonds is 4. The van der Waals surface area contributed by atoms with Crippen LogP contribution in [-0.2, 0) is 4.79 Å². The number of benzene rings is 3. The molecule has 162 valence electrons. The third-order valence-corrected chi connectivity index (χ3v) is 5.22. The van der Waals surface area contributed by atoms with E-state index in [1.807, 2.05) is 18.2 Å². The van der Waals surface area contributed by atoms with E-state index in [1.165, 1.54) is 24.3 Å². The normalized spacial score (nSPS) is 10.8. The number of hydrogen-bond acceptors (Lipinski definition) is 4. The first-order valence-electron chi connectivity index (χ1n) is 9.26. The summed E-state index contributed by atoms with van der Waals surface area (Å²) in [6, 6.07) is 17.0. The smallest absolute Gasteiger partial charge is 0.248 e. The second-order valence-corrected chi connectivity index (χ2v) is 7.60. The number of aromatic hydroxyl groups is 2. The van der Waals surface area contributed by atoms with Crippen LogP contribution in [0.3, 0.4) is 0 Å². The maximum Gasteiger partial charge on any atom is 0.248 e. The van der Waals surface area contributed by atoms with Crippen LogP contribution in [-0.4, -0.2) is 21.1 Å². The summed E-state index contributed by atoms with van der Waals surface area (Å²) in [6.07, 6.45) is 4.42. The molecule has 0 saturated carbocycles. The lowest BCUT2D eigenvalue weighted by atomic mass is 9.99.